The van der Waals surface area contributed by atoms with Gasteiger partial charge in [0.15, 0.2) is 0 Å². The predicted octanol–water partition coefficient (Wildman–Crippen LogP) is 2.24. The van der Waals surface area contributed by atoms with Gasteiger partial charge in [-0.1, -0.05) is 24.3 Å². The average Bonchev–Trinajstić information content (AvgIpc) is 2.23. The van der Waals surface area contributed by atoms with E-state index in [1.54, 1.807) is 0 Å². The highest BCUT2D eigenvalue weighted by Crippen LogP contribution is 2.10. The Morgan fingerprint density at radius 1 is 1.12 bits per heavy atom. The summed E-state index contributed by atoms with van der Waals surface area (Å²) >= 11 is 0. The van der Waals surface area contributed by atoms with Crippen molar-refractivity contribution in [3.8, 4) is 0 Å². The molecule has 1 aliphatic rings. The van der Waals surface area contributed by atoms with Gasteiger partial charge in [0.1, 0.15) is 0 Å². The highest BCUT2D eigenvalue weighted by molar-refractivity contribution is 5.85. The molecule has 0 aliphatic carbocycles. The number of nitrogens with zero attached hydrogens (tertiary/aromatic N) is 1. The number of piperazine rings is 1. The molecule has 1 fully saturated rings. The second-order valence-electron chi connectivity index (χ2n) is 3.95. The third kappa shape index (κ3) is 4.30. The van der Waals surface area contributed by atoms with Crippen molar-refractivity contribution < 1.29 is 0 Å². The lowest BCUT2D eigenvalue weighted by molar-refractivity contribution is 0.233. The van der Waals surface area contributed by atoms with E-state index in [2.05, 4.69) is 41.4 Å². The fourth-order valence-electron chi connectivity index (χ4n) is 1.90. The van der Waals surface area contributed by atoms with Crippen LogP contribution >= 0.6 is 24.8 Å². The molecule has 16 heavy (non-hydrogen) atoms. The zero-order chi connectivity index (χ0) is 9.80. The highest BCUT2D eigenvalue weighted by Gasteiger charge is 2.10. The highest BCUT2D eigenvalue weighted by atomic mass is 35.5. The molecule has 1 aromatic carbocycles. The lowest BCUT2D eigenvalue weighted by Crippen LogP contribution is -2.42. The second-order valence-corrected chi connectivity index (χ2v) is 3.95. The summed E-state index contributed by atoms with van der Waals surface area (Å²) in [5, 5.41) is 3.37. The molecule has 0 unspecified atom stereocenters. The Hall–Kier alpha value is -0.280. The van der Waals surface area contributed by atoms with Gasteiger partial charge in [0.05, 0.1) is 0 Å². The molecule has 1 aliphatic heterocycles. The number of nitrogens with one attached hydrogen (secondary N) is 1. The first kappa shape index (κ1) is 15.7. The molecule has 0 aromatic heterocycles. The topological polar surface area (TPSA) is 15.3 Å². The van der Waals surface area contributed by atoms with E-state index in [0.717, 1.165) is 19.6 Å². The van der Waals surface area contributed by atoms with E-state index in [4.69, 9.17) is 0 Å². The molecule has 0 amide bonds. The van der Waals surface area contributed by atoms with Crippen LogP contribution in [-0.4, -0.2) is 31.1 Å². The summed E-state index contributed by atoms with van der Waals surface area (Å²) in [6, 6.07) is 8.66. The summed E-state index contributed by atoms with van der Waals surface area (Å²) in [7, 11) is 0. The molecule has 1 saturated heterocycles. The molecule has 0 radical (unpaired) electrons. The number of aryl methyl sites for hydroxylation is 1. The summed E-state index contributed by atoms with van der Waals surface area (Å²) < 4.78 is 0. The smallest absolute Gasteiger partial charge is 0.0237 e. The number of halogens is 2. The lowest BCUT2D eigenvalue weighted by atomic mass is 10.1. The Morgan fingerprint density at radius 3 is 2.38 bits per heavy atom. The number of hydrogen-bond donors (Lipinski definition) is 1. The molecular weight excluding hydrogens is 243 g/mol. The van der Waals surface area contributed by atoms with Gasteiger partial charge in [-0.05, 0) is 18.1 Å². The maximum absolute atomic E-state index is 3.37. The van der Waals surface area contributed by atoms with Crippen LogP contribution in [0, 0.1) is 6.92 Å². The SMILES string of the molecule is Cc1ccccc1CN1CCNCC1.Cl.Cl. The van der Waals surface area contributed by atoms with Crippen LogP contribution in [0.1, 0.15) is 11.1 Å². The minimum atomic E-state index is 0. The molecule has 0 saturated carbocycles. The number of benzene rings is 1. The van der Waals surface area contributed by atoms with Gasteiger partial charge in [-0.3, -0.25) is 4.90 Å². The van der Waals surface area contributed by atoms with Gasteiger partial charge in [-0.15, -0.1) is 24.8 Å². The van der Waals surface area contributed by atoms with Crippen LogP contribution in [0.15, 0.2) is 24.3 Å². The molecule has 4 heteroatoms. The van der Waals surface area contributed by atoms with E-state index in [0.29, 0.717) is 0 Å². The first-order valence-electron chi connectivity index (χ1n) is 5.34. The molecular formula is C12H20Cl2N2. The fraction of sp³-hybridized carbons (Fsp3) is 0.500. The van der Waals surface area contributed by atoms with Crippen LogP contribution in [0.5, 0.6) is 0 Å². The first-order valence-corrected chi connectivity index (χ1v) is 5.34. The van der Waals surface area contributed by atoms with Crippen LogP contribution < -0.4 is 5.32 Å². The van der Waals surface area contributed by atoms with Crippen molar-refractivity contribution in [1.82, 2.24) is 10.2 Å². The summed E-state index contributed by atoms with van der Waals surface area (Å²) in [5.41, 5.74) is 2.88. The van der Waals surface area contributed by atoms with Crippen molar-refractivity contribution in [2.24, 2.45) is 0 Å². The second kappa shape index (κ2) is 7.91. The van der Waals surface area contributed by atoms with E-state index in [1.807, 2.05) is 0 Å². The van der Waals surface area contributed by atoms with Crippen molar-refractivity contribution in [2.75, 3.05) is 26.2 Å². The Kier molecular flexibility index (Phi) is 7.77. The first-order chi connectivity index (χ1) is 6.86. The molecule has 2 nitrogen and oxygen atoms in total. The summed E-state index contributed by atoms with van der Waals surface area (Å²) in [6.45, 7) is 7.91. The number of rotatable bonds is 2. The van der Waals surface area contributed by atoms with Crippen LogP contribution in [0.3, 0.4) is 0 Å². The lowest BCUT2D eigenvalue weighted by Gasteiger charge is -2.27. The monoisotopic (exact) mass is 262 g/mol. The minimum Gasteiger partial charge on any atom is -0.314 e. The molecule has 0 bridgehead atoms. The molecule has 0 atom stereocenters. The standard InChI is InChI=1S/C12H18N2.2ClH/c1-11-4-2-3-5-12(11)10-14-8-6-13-7-9-14;;/h2-5,13H,6-10H2,1H3;2*1H. The predicted molar refractivity (Wildman–Crippen MR) is 73.8 cm³/mol. The Labute approximate surface area is 110 Å². The van der Waals surface area contributed by atoms with Gasteiger partial charge in [-0.2, -0.15) is 0 Å². The third-order valence-electron chi connectivity index (χ3n) is 2.86. The van der Waals surface area contributed by atoms with Gasteiger partial charge in [0.2, 0.25) is 0 Å². The summed E-state index contributed by atoms with van der Waals surface area (Å²) in [4.78, 5) is 2.51. The van der Waals surface area contributed by atoms with Crippen molar-refractivity contribution in [3.63, 3.8) is 0 Å². The normalized spacial score (nSPS) is 16.1. The fourth-order valence-corrected chi connectivity index (χ4v) is 1.90. The van der Waals surface area contributed by atoms with Gasteiger partial charge >= 0.3 is 0 Å². The zero-order valence-electron chi connectivity index (χ0n) is 9.61. The van der Waals surface area contributed by atoms with Crippen LogP contribution in [0.25, 0.3) is 0 Å². The van der Waals surface area contributed by atoms with E-state index >= 15 is 0 Å². The quantitative estimate of drug-likeness (QED) is 0.880. The molecule has 1 N–H and O–H groups in total. The summed E-state index contributed by atoms with van der Waals surface area (Å²) in [5.74, 6) is 0. The minimum absolute atomic E-state index is 0. The molecule has 0 spiro atoms. The van der Waals surface area contributed by atoms with E-state index < -0.39 is 0 Å². The van der Waals surface area contributed by atoms with E-state index in [9.17, 15) is 0 Å². The van der Waals surface area contributed by atoms with Crippen molar-refractivity contribution in [3.05, 3.63) is 35.4 Å². The average molecular weight is 263 g/mol. The maximum atomic E-state index is 3.37. The van der Waals surface area contributed by atoms with Crippen molar-refractivity contribution in [1.29, 1.82) is 0 Å². The maximum Gasteiger partial charge on any atom is 0.0237 e. The molecule has 1 aromatic rings. The van der Waals surface area contributed by atoms with E-state index in [1.165, 1.54) is 24.2 Å². The number of hydrogen-bond acceptors (Lipinski definition) is 2. The van der Waals surface area contributed by atoms with Crippen molar-refractivity contribution >= 4 is 24.8 Å². The van der Waals surface area contributed by atoms with Gasteiger partial charge < -0.3 is 5.32 Å². The van der Waals surface area contributed by atoms with Gasteiger partial charge in [0, 0.05) is 32.7 Å². The Balaban J connectivity index is 0.00000112. The Bertz CT molecular complexity index is 299. The zero-order valence-corrected chi connectivity index (χ0v) is 11.2. The molecule has 92 valence electrons. The van der Waals surface area contributed by atoms with Gasteiger partial charge in [0.25, 0.3) is 0 Å². The van der Waals surface area contributed by atoms with Crippen LogP contribution in [0.2, 0.25) is 0 Å². The third-order valence-corrected chi connectivity index (χ3v) is 2.86. The van der Waals surface area contributed by atoms with Crippen LogP contribution in [0.4, 0.5) is 0 Å². The van der Waals surface area contributed by atoms with Crippen LogP contribution in [-0.2, 0) is 6.54 Å². The Morgan fingerprint density at radius 2 is 1.75 bits per heavy atom. The largest absolute Gasteiger partial charge is 0.314 e. The van der Waals surface area contributed by atoms with Gasteiger partial charge in [-0.25, -0.2) is 0 Å². The summed E-state index contributed by atoms with van der Waals surface area (Å²) in [6.07, 6.45) is 0. The molecule has 2 rings (SSSR count). The van der Waals surface area contributed by atoms with E-state index in [-0.39, 0.29) is 24.8 Å². The molecule has 1 heterocycles. The van der Waals surface area contributed by atoms with Crippen molar-refractivity contribution in [2.45, 2.75) is 13.5 Å².